The number of hydrogen-bond donors (Lipinski definition) is 2. The predicted molar refractivity (Wildman–Crippen MR) is 133 cm³/mol. The molecule has 1 saturated heterocycles. The first-order valence-electron chi connectivity index (χ1n) is 13.4. The Morgan fingerprint density at radius 2 is 1.87 bits per heavy atom. The number of benzene rings is 1. The Hall–Kier alpha value is -2.91. The summed E-state index contributed by atoms with van der Waals surface area (Å²) < 4.78 is 23.5. The van der Waals surface area contributed by atoms with Gasteiger partial charge in [-0.25, -0.2) is 0 Å². The smallest absolute Gasteiger partial charge is 0.308 e. The molecular formula is C29H34O9. The molecule has 2 aliphatic carbocycles. The average molecular weight is 527 g/mol. The van der Waals surface area contributed by atoms with Crippen LogP contribution >= 0.6 is 0 Å². The number of Topliss-reactive ketones (excluding diaryl/α,β-unsaturated/α-hetero) is 2. The number of allylic oxidation sites excluding steroid dienone is 2. The Morgan fingerprint density at radius 3 is 2.55 bits per heavy atom. The number of aliphatic hydroxyl groups excluding tert-OH is 1. The normalized spacial score (nSPS) is 36.5. The average Bonchev–Trinajstić information content (AvgIpc) is 3.29. The fourth-order valence-corrected chi connectivity index (χ4v) is 7.15. The number of carbonyl (C=O) groups excluding carboxylic acids is 3. The molecule has 3 aliphatic heterocycles. The number of phenolic OH excluding ortho intramolecular Hbond substituents is 1. The summed E-state index contributed by atoms with van der Waals surface area (Å²) in [5.41, 5.74) is -0.854. The molecule has 2 N–H and O–H groups in total. The molecular weight excluding hydrogens is 492 g/mol. The number of aliphatic hydroxyl groups is 1. The van der Waals surface area contributed by atoms with Gasteiger partial charge in [0.05, 0.1) is 23.5 Å². The molecule has 9 nitrogen and oxygen atoms in total. The van der Waals surface area contributed by atoms with Crippen molar-refractivity contribution in [3.05, 3.63) is 34.1 Å². The highest BCUT2D eigenvalue weighted by Gasteiger charge is 2.60. The number of fused-ring (bicyclic) bond motifs is 7. The summed E-state index contributed by atoms with van der Waals surface area (Å²) in [7, 11) is 0. The van der Waals surface area contributed by atoms with E-state index in [2.05, 4.69) is 0 Å². The molecule has 0 aromatic heterocycles. The van der Waals surface area contributed by atoms with Gasteiger partial charge in [0.1, 0.15) is 23.2 Å². The van der Waals surface area contributed by atoms with Crippen molar-refractivity contribution < 1.29 is 43.5 Å². The summed E-state index contributed by atoms with van der Waals surface area (Å²) >= 11 is 0. The van der Waals surface area contributed by atoms with E-state index in [1.807, 2.05) is 20.8 Å². The minimum atomic E-state index is -1.22. The molecule has 0 bridgehead atoms. The molecule has 9 heteroatoms. The molecule has 0 radical (unpaired) electrons. The third kappa shape index (κ3) is 3.27. The second-order valence-corrected chi connectivity index (χ2v) is 12.6. The Morgan fingerprint density at radius 1 is 1.16 bits per heavy atom. The van der Waals surface area contributed by atoms with Gasteiger partial charge in [0, 0.05) is 22.6 Å². The zero-order valence-corrected chi connectivity index (χ0v) is 22.5. The van der Waals surface area contributed by atoms with E-state index in [1.54, 1.807) is 20.8 Å². The lowest BCUT2D eigenvalue weighted by Crippen LogP contribution is -2.53. The van der Waals surface area contributed by atoms with E-state index >= 15 is 0 Å². The van der Waals surface area contributed by atoms with Crippen LogP contribution in [0.4, 0.5) is 0 Å². The molecule has 6 rings (SSSR count). The van der Waals surface area contributed by atoms with Crippen LogP contribution in [0.15, 0.2) is 17.4 Å². The van der Waals surface area contributed by atoms with Crippen LogP contribution in [0.3, 0.4) is 0 Å². The first-order valence-corrected chi connectivity index (χ1v) is 13.4. The van der Waals surface area contributed by atoms with Crippen molar-refractivity contribution in [1.82, 2.24) is 0 Å². The van der Waals surface area contributed by atoms with E-state index in [4.69, 9.17) is 18.9 Å². The Balaban J connectivity index is 1.42. The molecule has 3 heterocycles. The lowest BCUT2D eigenvalue weighted by molar-refractivity contribution is -0.164. The van der Waals surface area contributed by atoms with Crippen LogP contribution in [0.2, 0.25) is 0 Å². The molecule has 7 atom stereocenters. The van der Waals surface area contributed by atoms with Crippen molar-refractivity contribution in [3.8, 4) is 11.5 Å². The van der Waals surface area contributed by atoms with Gasteiger partial charge < -0.3 is 29.2 Å². The quantitative estimate of drug-likeness (QED) is 0.557. The first kappa shape index (κ1) is 25.4. The van der Waals surface area contributed by atoms with Crippen molar-refractivity contribution >= 4 is 17.5 Å². The highest BCUT2D eigenvalue weighted by atomic mass is 16.6. The molecule has 0 spiro atoms. The lowest BCUT2D eigenvalue weighted by Gasteiger charge is -2.51. The number of hydrogen-bond acceptors (Lipinski definition) is 9. The van der Waals surface area contributed by atoms with Crippen molar-refractivity contribution in [2.45, 2.75) is 83.9 Å². The summed E-state index contributed by atoms with van der Waals surface area (Å²) in [4.78, 5) is 40.4. The summed E-state index contributed by atoms with van der Waals surface area (Å²) in [6.45, 7) is 11.3. The Kier molecular flexibility index (Phi) is 5.38. The number of carbonyl (C=O) groups is 3. The zero-order chi connectivity index (χ0) is 27.5. The van der Waals surface area contributed by atoms with Crippen molar-refractivity contribution in [2.24, 2.45) is 23.7 Å². The number of phenols is 1. The summed E-state index contributed by atoms with van der Waals surface area (Å²) in [6, 6.07) is 1.34. The van der Waals surface area contributed by atoms with Crippen LogP contribution in [0.1, 0.15) is 80.7 Å². The summed E-state index contributed by atoms with van der Waals surface area (Å²) in [6.07, 6.45) is -1.28. The molecule has 1 aromatic rings. The third-order valence-corrected chi connectivity index (χ3v) is 9.28. The molecule has 1 saturated carbocycles. The van der Waals surface area contributed by atoms with E-state index in [1.165, 1.54) is 6.07 Å². The molecule has 0 amide bonds. The SMILES string of the molecule is CC(C)C(=O)OC1CC2C(CC1C)C1=C(OC2(C)C)C(=O)c2c(cc(O)c3c2OC2C(O)OCC32C)C1=O. The van der Waals surface area contributed by atoms with E-state index in [0.717, 1.165) is 0 Å². The minimum absolute atomic E-state index is 0.0223. The molecule has 204 valence electrons. The van der Waals surface area contributed by atoms with Crippen molar-refractivity contribution in [1.29, 1.82) is 0 Å². The van der Waals surface area contributed by atoms with Gasteiger partial charge in [-0.1, -0.05) is 20.8 Å². The second kappa shape index (κ2) is 8.05. The van der Waals surface area contributed by atoms with Gasteiger partial charge >= 0.3 is 5.97 Å². The van der Waals surface area contributed by atoms with Crippen molar-refractivity contribution in [2.75, 3.05) is 6.61 Å². The van der Waals surface area contributed by atoms with Crippen LogP contribution in [-0.4, -0.2) is 58.5 Å². The molecule has 1 aromatic carbocycles. The predicted octanol–water partition coefficient (Wildman–Crippen LogP) is 3.43. The van der Waals surface area contributed by atoms with Gasteiger partial charge in [-0.15, -0.1) is 0 Å². The standard InChI is InChI=1S/C29H34O9/c1-11(2)26(33)36-17-9-15-13(7-12(17)3)18-21(31)14-8-16(30)20-23(37-25-27(34)35-10-29(20,25)6)19(14)22(32)24(18)38-28(15,4)5/h8,11-13,15,17,25,27,30,34H,7,9-10H2,1-6H3. The maximum Gasteiger partial charge on any atom is 0.308 e. The summed E-state index contributed by atoms with van der Waals surface area (Å²) in [5.74, 6) is -1.83. The monoisotopic (exact) mass is 526 g/mol. The lowest BCUT2D eigenvalue weighted by atomic mass is 9.61. The first-order chi connectivity index (χ1) is 17.8. The number of rotatable bonds is 2. The number of ketones is 2. The number of aromatic hydroxyl groups is 1. The van der Waals surface area contributed by atoms with Gasteiger partial charge in [0.15, 0.2) is 23.9 Å². The van der Waals surface area contributed by atoms with Crippen molar-refractivity contribution in [3.63, 3.8) is 0 Å². The second-order valence-electron chi connectivity index (χ2n) is 12.6. The number of ether oxygens (including phenoxy) is 4. The van der Waals surface area contributed by atoms with Gasteiger partial charge in [0.25, 0.3) is 0 Å². The zero-order valence-electron chi connectivity index (χ0n) is 22.5. The van der Waals surface area contributed by atoms with Crippen LogP contribution in [-0.2, 0) is 24.4 Å². The van der Waals surface area contributed by atoms with E-state index in [-0.39, 0.29) is 76.5 Å². The summed E-state index contributed by atoms with van der Waals surface area (Å²) in [5, 5.41) is 21.4. The van der Waals surface area contributed by atoms with E-state index in [9.17, 15) is 24.6 Å². The topological polar surface area (TPSA) is 129 Å². The van der Waals surface area contributed by atoms with Gasteiger partial charge in [-0.3, -0.25) is 14.4 Å². The van der Waals surface area contributed by atoms with Gasteiger partial charge in [-0.2, -0.15) is 0 Å². The maximum atomic E-state index is 14.0. The highest BCUT2D eigenvalue weighted by molar-refractivity contribution is 6.28. The Labute approximate surface area is 221 Å². The largest absolute Gasteiger partial charge is 0.507 e. The highest BCUT2D eigenvalue weighted by Crippen LogP contribution is 2.58. The van der Waals surface area contributed by atoms with Crippen LogP contribution < -0.4 is 4.74 Å². The van der Waals surface area contributed by atoms with Gasteiger partial charge in [0.2, 0.25) is 5.78 Å². The van der Waals surface area contributed by atoms with Crippen LogP contribution in [0.5, 0.6) is 11.5 Å². The van der Waals surface area contributed by atoms with Crippen LogP contribution in [0, 0.1) is 23.7 Å². The van der Waals surface area contributed by atoms with Crippen LogP contribution in [0.25, 0.3) is 0 Å². The van der Waals surface area contributed by atoms with Gasteiger partial charge in [-0.05, 0) is 51.5 Å². The maximum absolute atomic E-state index is 14.0. The fourth-order valence-electron chi connectivity index (χ4n) is 7.15. The fraction of sp³-hybridized carbons (Fsp3) is 0.621. The molecule has 5 aliphatic rings. The number of esters is 1. The third-order valence-electron chi connectivity index (χ3n) is 9.28. The minimum Gasteiger partial charge on any atom is -0.507 e. The van der Waals surface area contributed by atoms with E-state index in [0.29, 0.717) is 24.0 Å². The van der Waals surface area contributed by atoms with E-state index < -0.39 is 29.2 Å². The molecule has 2 fully saturated rings. The Bertz CT molecular complexity index is 1310. The molecule has 38 heavy (non-hydrogen) atoms. The molecule has 7 unspecified atom stereocenters.